The molecule has 27 heavy (non-hydrogen) atoms. The molecule has 0 saturated carbocycles. The lowest BCUT2D eigenvalue weighted by Crippen LogP contribution is -2.16. The molecule has 0 aliphatic heterocycles. The van der Waals surface area contributed by atoms with Gasteiger partial charge in [0.05, 0.1) is 12.2 Å². The van der Waals surface area contributed by atoms with Crippen LogP contribution in [0.1, 0.15) is 56.7 Å². The van der Waals surface area contributed by atoms with Crippen molar-refractivity contribution in [1.29, 1.82) is 0 Å². The number of ether oxygens (including phenoxy) is 1. The third kappa shape index (κ3) is 3.85. The summed E-state index contributed by atoms with van der Waals surface area (Å²) in [6.45, 7) is 1.87. The Hall–Kier alpha value is -2.36. The van der Waals surface area contributed by atoms with Crippen molar-refractivity contribution < 1.29 is 27.5 Å². The number of nitrogens with one attached hydrogen (secondary N) is 1. The van der Waals surface area contributed by atoms with Gasteiger partial charge in [0.1, 0.15) is 10.7 Å². The predicted octanol–water partition coefficient (Wildman–Crippen LogP) is 3.81. The number of esters is 1. The molecule has 0 unspecified atom stereocenters. The van der Waals surface area contributed by atoms with Gasteiger partial charge < -0.3 is 10.1 Å². The van der Waals surface area contributed by atoms with Crippen LogP contribution in [0, 0.1) is 0 Å². The molecular weight excluding hydrogens is 383 g/mol. The highest BCUT2D eigenvalue weighted by atomic mass is 32.1. The SMILES string of the molecule is CCOC(=O)c1c(NC(=O)c2cc(C(F)(F)F)n(C)n2)sc2c1CCCC2. The van der Waals surface area contributed by atoms with Gasteiger partial charge in [-0.25, -0.2) is 4.79 Å². The number of nitrogens with zero attached hydrogens (tertiary/aromatic N) is 2. The summed E-state index contributed by atoms with van der Waals surface area (Å²) in [6.07, 6.45) is -1.20. The Bertz CT molecular complexity index is 886. The zero-order valence-corrected chi connectivity index (χ0v) is 15.6. The Morgan fingerprint density at radius 1 is 1.33 bits per heavy atom. The van der Waals surface area contributed by atoms with Crippen molar-refractivity contribution in [2.24, 2.45) is 7.05 Å². The van der Waals surface area contributed by atoms with Crippen LogP contribution in [0.25, 0.3) is 0 Å². The zero-order valence-electron chi connectivity index (χ0n) is 14.8. The van der Waals surface area contributed by atoms with Crippen LogP contribution in [0.3, 0.4) is 0 Å². The smallest absolute Gasteiger partial charge is 0.433 e. The Balaban J connectivity index is 1.92. The van der Waals surface area contributed by atoms with Crippen LogP contribution in [-0.2, 0) is 30.8 Å². The number of rotatable bonds is 4. The topological polar surface area (TPSA) is 73.2 Å². The second kappa shape index (κ2) is 7.34. The molecule has 3 rings (SSSR count). The number of carbonyl (C=O) groups is 2. The summed E-state index contributed by atoms with van der Waals surface area (Å²) in [5.74, 6) is -1.34. The van der Waals surface area contributed by atoms with Crippen molar-refractivity contribution in [3.05, 3.63) is 33.5 Å². The molecule has 10 heteroatoms. The fourth-order valence-corrected chi connectivity index (χ4v) is 4.36. The fourth-order valence-electron chi connectivity index (χ4n) is 3.08. The van der Waals surface area contributed by atoms with E-state index in [-0.39, 0.29) is 12.3 Å². The summed E-state index contributed by atoms with van der Waals surface area (Å²) in [7, 11) is 1.12. The summed E-state index contributed by atoms with van der Waals surface area (Å²) in [6, 6.07) is 0.687. The Morgan fingerprint density at radius 2 is 2.04 bits per heavy atom. The first-order valence-corrected chi connectivity index (χ1v) is 9.28. The van der Waals surface area contributed by atoms with Gasteiger partial charge in [-0.1, -0.05) is 0 Å². The average Bonchev–Trinajstić information content (AvgIpc) is 3.15. The third-order valence-corrected chi connectivity index (χ3v) is 5.49. The molecule has 1 aliphatic rings. The number of halogens is 3. The number of aryl methyl sites for hydroxylation is 2. The van der Waals surface area contributed by atoms with Crippen molar-refractivity contribution in [1.82, 2.24) is 9.78 Å². The number of aromatic nitrogens is 2. The molecule has 146 valence electrons. The largest absolute Gasteiger partial charge is 0.462 e. The Kier molecular flexibility index (Phi) is 5.27. The van der Waals surface area contributed by atoms with Gasteiger partial charge in [0.25, 0.3) is 5.91 Å². The second-order valence-electron chi connectivity index (χ2n) is 6.13. The van der Waals surface area contributed by atoms with Crippen LogP contribution in [-0.4, -0.2) is 28.3 Å². The van der Waals surface area contributed by atoms with Gasteiger partial charge in [0.2, 0.25) is 0 Å². The average molecular weight is 401 g/mol. The molecule has 0 saturated heterocycles. The minimum Gasteiger partial charge on any atom is -0.462 e. The first-order valence-electron chi connectivity index (χ1n) is 8.46. The van der Waals surface area contributed by atoms with E-state index in [1.54, 1.807) is 6.92 Å². The van der Waals surface area contributed by atoms with E-state index < -0.39 is 23.7 Å². The molecule has 2 aromatic heterocycles. The maximum Gasteiger partial charge on any atom is 0.433 e. The molecule has 1 N–H and O–H groups in total. The van der Waals surface area contributed by atoms with E-state index in [2.05, 4.69) is 10.4 Å². The van der Waals surface area contributed by atoms with Gasteiger partial charge >= 0.3 is 12.1 Å². The monoisotopic (exact) mass is 401 g/mol. The number of alkyl halides is 3. The Morgan fingerprint density at radius 3 is 2.67 bits per heavy atom. The highest BCUT2D eigenvalue weighted by molar-refractivity contribution is 7.17. The van der Waals surface area contributed by atoms with E-state index in [9.17, 15) is 22.8 Å². The van der Waals surface area contributed by atoms with Crippen molar-refractivity contribution in [3.8, 4) is 0 Å². The quantitative estimate of drug-likeness (QED) is 0.791. The van der Waals surface area contributed by atoms with Gasteiger partial charge in [-0.05, 0) is 38.2 Å². The third-order valence-electron chi connectivity index (χ3n) is 4.28. The van der Waals surface area contributed by atoms with E-state index in [1.807, 2.05) is 0 Å². The summed E-state index contributed by atoms with van der Waals surface area (Å²) >= 11 is 1.27. The lowest BCUT2D eigenvalue weighted by molar-refractivity contribution is -0.143. The number of anilines is 1. The second-order valence-corrected chi connectivity index (χ2v) is 7.23. The van der Waals surface area contributed by atoms with Gasteiger partial charge in [-0.15, -0.1) is 11.3 Å². The van der Waals surface area contributed by atoms with Crippen LogP contribution >= 0.6 is 11.3 Å². The summed E-state index contributed by atoms with van der Waals surface area (Å²) in [4.78, 5) is 25.8. The molecule has 1 amide bonds. The fraction of sp³-hybridized carbons (Fsp3) is 0.471. The van der Waals surface area contributed by atoms with E-state index in [0.717, 1.165) is 36.8 Å². The molecule has 0 spiro atoms. The van der Waals surface area contributed by atoms with Crippen LogP contribution in [0.2, 0.25) is 0 Å². The minimum atomic E-state index is -4.61. The standard InChI is InChI=1S/C17H18F3N3O3S/c1-3-26-16(25)13-9-6-4-5-7-11(9)27-15(13)21-14(24)10-8-12(17(18,19)20)23(2)22-10/h8H,3-7H2,1-2H3,(H,21,24). The maximum atomic E-state index is 12.9. The lowest BCUT2D eigenvalue weighted by atomic mass is 9.95. The van der Waals surface area contributed by atoms with Gasteiger partial charge in [0, 0.05) is 18.0 Å². The molecule has 2 aromatic rings. The van der Waals surface area contributed by atoms with Crippen molar-refractivity contribution in [3.63, 3.8) is 0 Å². The van der Waals surface area contributed by atoms with E-state index in [0.29, 0.717) is 27.7 Å². The van der Waals surface area contributed by atoms with Crippen LogP contribution in [0.4, 0.5) is 18.2 Å². The number of hydrogen-bond acceptors (Lipinski definition) is 5. The summed E-state index contributed by atoms with van der Waals surface area (Å²) in [5.41, 5.74) is -0.233. The predicted molar refractivity (Wildman–Crippen MR) is 93.1 cm³/mol. The van der Waals surface area contributed by atoms with Crippen molar-refractivity contribution in [2.45, 2.75) is 38.8 Å². The lowest BCUT2D eigenvalue weighted by Gasteiger charge is -2.12. The minimum absolute atomic E-state index is 0.187. The maximum absolute atomic E-state index is 12.9. The van der Waals surface area contributed by atoms with Gasteiger partial charge in [-0.2, -0.15) is 18.3 Å². The summed E-state index contributed by atoms with van der Waals surface area (Å²) in [5, 5.41) is 6.49. The normalized spacial score (nSPS) is 14.0. The van der Waals surface area contributed by atoms with Crippen molar-refractivity contribution in [2.75, 3.05) is 11.9 Å². The number of amides is 1. The number of carbonyl (C=O) groups excluding carboxylic acids is 2. The van der Waals surface area contributed by atoms with Crippen LogP contribution in [0.15, 0.2) is 6.07 Å². The molecule has 1 aliphatic carbocycles. The molecule has 0 bridgehead atoms. The van der Waals surface area contributed by atoms with Gasteiger partial charge in [0.15, 0.2) is 5.69 Å². The summed E-state index contributed by atoms with van der Waals surface area (Å²) < 4.78 is 44.4. The number of fused-ring (bicyclic) bond motifs is 1. The molecule has 6 nitrogen and oxygen atoms in total. The van der Waals surface area contributed by atoms with E-state index in [4.69, 9.17) is 4.74 Å². The van der Waals surface area contributed by atoms with E-state index in [1.165, 1.54) is 11.3 Å². The Labute approximate surface area is 157 Å². The molecule has 0 atom stereocenters. The molecule has 0 radical (unpaired) electrons. The van der Waals surface area contributed by atoms with E-state index >= 15 is 0 Å². The highest BCUT2D eigenvalue weighted by Crippen LogP contribution is 2.39. The van der Waals surface area contributed by atoms with Crippen molar-refractivity contribution >= 4 is 28.2 Å². The first kappa shape index (κ1) is 19.4. The van der Waals surface area contributed by atoms with Gasteiger partial charge in [-0.3, -0.25) is 9.48 Å². The van der Waals surface area contributed by atoms with Crippen LogP contribution in [0.5, 0.6) is 0 Å². The zero-order chi connectivity index (χ0) is 19.8. The first-order chi connectivity index (χ1) is 12.7. The molecular formula is C17H18F3N3O3S. The molecule has 0 fully saturated rings. The highest BCUT2D eigenvalue weighted by Gasteiger charge is 2.36. The molecule has 0 aromatic carbocycles. The number of hydrogen-bond donors (Lipinski definition) is 1. The molecule has 2 heterocycles. The van der Waals surface area contributed by atoms with Crippen LogP contribution < -0.4 is 5.32 Å². The number of thiophene rings is 1.